The van der Waals surface area contributed by atoms with Gasteiger partial charge in [0, 0.05) is 16.5 Å². The van der Waals surface area contributed by atoms with Crippen molar-refractivity contribution in [2.45, 2.75) is 12.5 Å². The van der Waals surface area contributed by atoms with Crippen molar-refractivity contribution in [3.63, 3.8) is 0 Å². The van der Waals surface area contributed by atoms with Crippen LogP contribution in [0.1, 0.15) is 22.6 Å². The van der Waals surface area contributed by atoms with Gasteiger partial charge in [-0.05, 0) is 41.5 Å². The van der Waals surface area contributed by atoms with Crippen LogP contribution in [0.15, 0.2) is 72.8 Å². The van der Waals surface area contributed by atoms with E-state index in [1.165, 1.54) is 0 Å². The third-order valence-corrected chi connectivity index (χ3v) is 6.21. The molecule has 35 heavy (non-hydrogen) atoms. The molecular weight excluding hydrogens is 464 g/mol. The summed E-state index contributed by atoms with van der Waals surface area (Å²) in [4.78, 5) is 0. The molecule has 8 heteroatoms. The lowest BCUT2D eigenvalue weighted by molar-refractivity contribution is 0.284. The van der Waals surface area contributed by atoms with Crippen LogP contribution in [-0.4, -0.2) is 23.2 Å². The molecule has 1 aromatic heterocycles. The predicted octanol–water partition coefficient (Wildman–Crippen LogP) is 5.96. The first kappa shape index (κ1) is 22.5. The van der Waals surface area contributed by atoms with Gasteiger partial charge >= 0.3 is 0 Å². The van der Waals surface area contributed by atoms with E-state index in [9.17, 15) is 5.26 Å². The van der Waals surface area contributed by atoms with Crippen molar-refractivity contribution in [1.29, 1.82) is 10.7 Å². The summed E-state index contributed by atoms with van der Waals surface area (Å²) in [7, 11) is 1.59. The van der Waals surface area contributed by atoms with Gasteiger partial charge < -0.3 is 14.2 Å². The number of fused-ring (bicyclic) bond motifs is 1. The van der Waals surface area contributed by atoms with Crippen LogP contribution >= 0.6 is 11.6 Å². The molecule has 2 N–H and O–H groups in total. The highest BCUT2D eigenvalue weighted by Crippen LogP contribution is 2.46. The van der Waals surface area contributed by atoms with Gasteiger partial charge in [-0.2, -0.15) is 5.26 Å². The van der Waals surface area contributed by atoms with E-state index in [1.807, 2.05) is 60.7 Å². The molecule has 0 saturated heterocycles. The zero-order chi connectivity index (χ0) is 24.4. The van der Waals surface area contributed by atoms with Gasteiger partial charge in [-0.1, -0.05) is 54.1 Å². The number of nitrogens with zero attached hydrogens (tertiary/aromatic N) is 2. The number of aromatic amines is 1. The lowest BCUT2D eigenvalue weighted by atomic mass is 9.79. The summed E-state index contributed by atoms with van der Waals surface area (Å²) < 4.78 is 17.2. The maximum atomic E-state index is 9.88. The molecule has 7 nitrogen and oxygen atoms in total. The summed E-state index contributed by atoms with van der Waals surface area (Å²) in [5.74, 6) is 0.0412. The quantitative estimate of drug-likeness (QED) is 0.351. The average molecular weight is 485 g/mol. The fourth-order valence-electron chi connectivity index (χ4n) is 4.25. The maximum Gasteiger partial charge on any atom is 0.244 e. The molecule has 174 valence electrons. The molecule has 0 fully saturated rings. The van der Waals surface area contributed by atoms with E-state index < -0.39 is 11.8 Å². The van der Waals surface area contributed by atoms with Crippen molar-refractivity contribution in [2.75, 3.05) is 7.11 Å². The van der Waals surface area contributed by atoms with E-state index in [0.29, 0.717) is 34.4 Å². The van der Waals surface area contributed by atoms with Gasteiger partial charge in [0.05, 0.1) is 24.4 Å². The third kappa shape index (κ3) is 4.32. The van der Waals surface area contributed by atoms with Gasteiger partial charge in [-0.25, -0.2) is 0 Å². The molecule has 1 aliphatic heterocycles. The molecule has 0 radical (unpaired) electrons. The molecule has 2 unspecified atom stereocenters. The number of nitrogens with one attached hydrogen (secondary N) is 2. The largest absolute Gasteiger partial charge is 0.493 e. The molecule has 2 atom stereocenters. The second kappa shape index (κ2) is 9.53. The first-order chi connectivity index (χ1) is 17.1. The number of halogens is 1. The van der Waals surface area contributed by atoms with Gasteiger partial charge in [0.1, 0.15) is 12.5 Å². The summed E-state index contributed by atoms with van der Waals surface area (Å²) in [6.07, 6.45) is 0. The Kier molecular flexibility index (Phi) is 6.13. The summed E-state index contributed by atoms with van der Waals surface area (Å²) in [6, 6.07) is 25.0. The van der Waals surface area contributed by atoms with E-state index >= 15 is 0 Å². The zero-order valence-electron chi connectivity index (χ0n) is 18.8. The summed E-state index contributed by atoms with van der Waals surface area (Å²) in [5, 5.41) is 26.1. The van der Waals surface area contributed by atoms with E-state index in [1.54, 1.807) is 19.2 Å². The molecule has 0 aliphatic carbocycles. The SMILES string of the molecule is COc1cc(-c2[nH]nc3c2C(c2ccc(Cl)cc2)C(C#N)C(=N)O3)ccc1OCc1ccccc1. The van der Waals surface area contributed by atoms with Crippen molar-refractivity contribution in [3.05, 3.63) is 94.5 Å². The summed E-state index contributed by atoms with van der Waals surface area (Å²) in [6.45, 7) is 0.411. The summed E-state index contributed by atoms with van der Waals surface area (Å²) in [5.41, 5.74) is 4.06. The molecule has 4 aromatic rings. The Morgan fingerprint density at radius 2 is 1.86 bits per heavy atom. The third-order valence-electron chi connectivity index (χ3n) is 5.96. The minimum Gasteiger partial charge on any atom is -0.493 e. The van der Waals surface area contributed by atoms with Gasteiger partial charge in [-0.3, -0.25) is 10.5 Å². The highest BCUT2D eigenvalue weighted by Gasteiger charge is 2.40. The van der Waals surface area contributed by atoms with Crippen LogP contribution in [0.2, 0.25) is 5.02 Å². The lowest BCUT2D eigenvalue weighted by Crippen LogP contribution is -2.30. The van der Waals surface area contributed by atoms with E-state index in [2.05, 4.69) is 16.3 Å². The molecule has 1 aliphatic rings. The molecule has 3 aromatic carbocycles. The second-order valence-corrected chi connectivity index (χ2v) is 8.50. The van der Waals surface area contributed by atoms with Crippen LogP contribution in [0.5, 0.6) is 17.4 Å². The van der Waals surface area contributed by atoms with Crippen LogP contribution in [0.3, 0.4) is 0 Å². The van der Waals surface area contributed by atoms with Gasteiger partial charge in [0.15, 0.2) is 11.5 Å². The van der Waals surface area contributed by atoms with Crippen molar-refractivity contribution >= 4 is 17.5 Å². The number of nitriles is 1. The number of methoxy groups -OCH3 is 1. The first-order valence-electron chi connectivity index (χ1n) is 10.9. The Bertz CT molecular complexity index is 1410. The summed E-state index contributed by atoms with van der Waals surface area (Å²) >= 11 is 6.09. The Hall–Kier alpha value is -4.28. The average Bonchev–Trinajstić information content (AvgIpc) is 3.31. The molecule has 0 bridgehead atoms. The number of benzene rings is 3. The second-order valence-electron chi connectivity index (χ2n) is 8.06. The topological polar surface area (TPSA) is 104 Å². The zero-order valence-corrected chi connectivity index (χ0v) is 19.5. The van der Waals surface area contributed by atoms with Gasteiger partial charge in [-0.15, -0.1) is 5.10 Å². The Labute approximate surface area is 207 Å². The van der Waals surface area contributed by atoms with E-state index in [-0.39, 0.29) is 11.8 Å². The molecule has 0 amide bonds. The Balaban J connectivity index is 1.54. The number of aromatic nitrogens is 2. The monoisotopic (exact) mass is 484 g/mol. The fourth-order valence-corrected chi connectivity index (χ4v) is 4.37. The van der Waals surface area contributed by atoms with Crippen LogP contribution < -0.4 is 14.2 Å². The van der Waals surface area contributed by atoms with Gasteiger partial charge in [0.2, 0.25) is 11.8 Å². The number of hydrogen-bond donors (Lipinski definition) is 2. The fraction of sp³-hybridized carbons (Fsp3) is 0.148. The standard InChI is InChI=1S/C27H21ClN4O3/c1-33-22-13-18(9-12-21(22)34-15-16-5-3-2-4-6-16)25-24-23(17-7-10-19(28)11-8-17)20(14-29)26(30)35-27(24)32-31-25/h2-13,20,23,30H,15H2,1H3,(H,31,32). The van der Waals surface area contributed by atoms with Crippen LogP contribution in [0, 0.1) is 22.7 Å². The van der Waals surface area contributed by atoms with E-state index in [4.69, 9.17) is 31.2 Å². The highest BCUT2D eigenvalue weighted by molar-refractivity contribution is 6.30. The minimum absolute atomic E-state index is 0.139. The van der Waals surface area contributed by atoms with Gasteiger partial charge in [0.25, 0.3) is 0 Å². The first-order valence-corrected chi connectivity index (χ1v) is 11.3. The number of ether oxygens (including phenoxy) is 3. The van der Waals surface area contributed by atoms with Crippen LogP contribution in [0.25, 0.3) is 11.3 Å². The van der Waals surface area contributed by atoms with Crippen molar-refractivity contribution in [2.24, 2.45) is 5.92 Å². The highest BCUT2D eigenvalue weighted by atomic mass is 35.5. The van der Waals surface area contributed by atoms with Crippen LogP contribution in [-0.2, 0) is 6.61 Å². The number of rotatable bonds is 6. The molecular formula is C27H21ClN4O3. The maximum absolute atomic E-state index is 9.88. The minimum atomic E-state index is -0.810. The lowest BCUT2D eigenvalue weighted by Gasteiger charge is -2.28. The number of H-pyrrole nitrogens is 1. The Morgan fingerprint density at radius 1 is 1.09 bits per heavy atom. The number of hydrogen-bond acceptors (Lipinski definition) is 6. The Morgan fingerprint density at radius 3 is 2.57 bits per heavy atom. The molecule has 5 rings (SSSR count). The van der Waals surface area contributed by atoms with Crippen molar-refractivity contribution in [3.8, 4) is 34.7 Å². The van der Waals surface area contributed by atoms with Crippen molar-refractivity contribution < 1.29 is 14.2 Å². The van der Waals surface area contributed by atoms with Crippen LogP contribution in [0.4, 0.5) is 0 Å². The normalized spacial score (nSPS) is 16.7. The molecule has 0 spiro atoms. The smallest absolute Gasteiger partial charge is 0.244 e. The predicted molar refractivity (Wildman–Crippen MR) is 132 cm³/mol. The molecule has 0 saturated carbocycles. The molecule has 2 heterocycles. The van der Waals surface area contributed by atoms with Crippen molar-refractivity contribution in [1.82, 2.24) is 10.2 Å². The van der Waals surface area contributed by atoms with E-state index in [0.717, 1.165) is 16.7 Å².